The first-order valence-electron chi connectivity index (χ1n) is 5.95. The van der Waals surface area contributed by atoms with Crippen molar-refractivity contribution in [3.05, 3.63) is 30.3 Å². The summed E-state index contributed by atoms with van der Waals surface area (Å²) in [6, 6.07) is 9.76. The maximum Gasteiger partial charge on any atom is 0.247 e. The van der Waals surface area contributed by atoms with E-state index in [1.165, 1.54) is 0 Å². The Kier molecular flexibility index (Phi) is 2.85. The first-order valence-corrected chi connectivity index (χ1v) is 5.95. The molecule has 0 amide bonds. The van der Waals surface area contributed by atoms with Gasteiger partial charge in [-0.15, -0.1) is 5.10 Å². The number of hydrogen-bond acceptors (Lipinski definition) is 5. The Labute approximate surface area is 105 Å². The molecule has 0 unspecified atom stereocenters. The van der Waals surface area contributed by atoms with E-state index in [0.29, 0.717) is 25.1 Å². The van der Waals surface area contributed by atoms with Crippen LogP contribution >= 0.6 is 0 Å². The van der Waals surface area contributed by atoms with E-state index in [4.69, 9.17) is 10.5 Å². The summed E-state index contributed by atoms with van der Waals surface area (Å²) < 4.78 is 6.97. The molecule has 1 aliphatic rings. The van der Waals surface area contributed by atoms with Crippen LogP contribution in [0.3, 0.4) is 0 Å². The van der Waals surface area contributed by atoms with Crippen LogP contribution < -0.4 is 10.6 Å². The van der Waals surface area contributed by atoms with Crippen molar-refractivity contribution in [1.29, 1.82) is 0 Å². The normalized spacial score (nSPS) is 15.9. The molecular formula is C12H15N5O. The molecule has 94 valence electrons. The highest BCUT2D eigenvalue weighted by Gasteiger charge is 2.17. The van der Waals surface area contributed by atoms with Crippen LogP contribution in [0.15, 0.2) is 30.3 Å². The molecule has 0 atom stereocenters. The van der Waals surface area contributed by atoms with Crippen molar-refractivity contribution in [2.45, 2.75) is 0 Å². The van der Waals surface area contributed by atoms with Crippen LogP contribution in [-0.2, 0) is 4.74 Å². The Hall–Kier alpha value is -2.08. The quantitative estimate of drug-likeness (QED) is 0.842. The Balaban J connectivity index is 1.91. The lowest BCUT2D eigenvalue weighted by Crippen LogP contribution is -2.37. The molecule has 0 spiro atoms. The van der Waals surface area contributed by atoms with E-state index in [2.05, 4.69) is 15.0 Å². The fourth-order valence-electron chi connectivity index (χ4n) is 1.97. The Morgan fingerprint density at radius 1 is 1.11 bits per heavy atom. The molecule has 1 saturated heterocycles. The van der Waals surface area contributed by atoms with E-state index < -0.39 is 0 Å². The standard InChI is InChI=1S/C12H15N5O/c13-11-14-12(16-6-8-18-9-7-16)15-17(11)10-4-2-1-3-5-10/h1-5H,6-9H2,(H2,13,14,15). The molecule has 2 aromatic rings. The monoisotopic (exact) mass is 245 g/mol. The summed E-state index contributed by atoms with van der Waals surface area (Å²) in [6.45, 7) is 3.02. The highest BCUT2D eigenvalue weighted by Crippen LogP contribution is 2.16. The maximum absolute atomic E-state index is 5.91. The van der Waals surface area contributed by atoms with Gasteiger partial charge in [-0.2, -0.15) is 9.67 Å². The first kappa shape index (κ1) is 11.0. The lowest BCUT2D eigenvalue weighted by atomic mass is 10.3. The van der Waals surface area contributed by atoms with Crippen LogP contribution in [0, 0.1) is 0 Å². The molecule has 2 heterocycles. The zero-order valence-corrected chi connectivity index (χ0v) is 9.99. The van der Waals surface area contributed by atoms with Gasteiger partial charge in [-0.05, 0) is 12.1 Å². The molecule has 2 N–H and O–H groups in total. The van der Waals surface area contributed by atoms with Crippen molar-refractivity contribution in [3.63, 3.8) is 0 Å². The number of nitrogen functional groups attached to an aromatic ring is 1. The Morgan fingerprint density at radius 2 is 1.83 bits per heavy atom. The summed E-state index contributed by atoms with van der Waals surface area (Å²) in [5, 5.41) is 4.45. The van der Waals surface area contributed by atoms with Crippen molar-refractivity contribution < 1.29 is 4.74 Å². The van der Waals surface area contributed by atoms with Gasteiger partial charge in [-0.1, -0.05) is 18.2 Å². The number of nitrogens with two attached hydrogens (primary N) is 1. The summed E-state index contributed by atoms with van der Waals surface area (Å²) in [5.74, 6) is 1.07. The minimum atomic E-state index is 0.405. The molecule has 1 fully saturated rings. The van der Waals surface area contributed by atoms with E-state index >= 15 is 0 Å². The lowest BCUT2D eigenvalue weighted by Gasteiger charge is -2.25. The number of benzene rings is 1. The second kappa shape index (κ2) is 4.66. The van der Waals surface area contributed by atoms with Crippen LogP contribution in [-0.4, -0.2) is 41.1 Å². The fraction of sp³-hybridized carbons (Fsp3) is 0.333. The van der Waals surface area contributed by atoms with Gasteiger partial charge in [0.05, 0.1) is 18.9 Å². The average molecular weight is 245 g/mol. The predicted octanol–water partition coefficient (Wildman–Crippen LogP) is 0.686. The van der Waals surface area contributed by atoms with Gasteiger partial charge in [0.1, 0.15) is 0 Å². The van der Waals surface area contributed by atoms with Crippen LogP contribution in [0.25, 0.3) is 5.69 Å². The topological polar surface area (TPSA) is 69.2 Å². The number of morpholine rings is 1. The second-order valence-electron chi connectivity index (χ2n) is 4.12. The summed E-state index contributed by atoms with van der Waals surface area (Å²) in [6.07, 6.45) is 0. The van der Waals surface area contributed by atoms with Crippen molar-refractivity contribution in [3.8, 4) is 5.69 Å². The van der Waals surface area contributed by atoms with Gasteiger partial charge >= 0.3 is 0 Å². The molecule has 0 saturated carbocycles. The number of anilines is 2. The SMILES string of the molecule is Nc1nc(N2CCOCC2)nn1-c1ccccc1. The van der Waals surface area contributed by atoms with E-state index in [1.54, 1.807) is 4.68 Å². The maximum atomic E-state index is 5.91. The molecular weight excluding hydrogens is 230 g/mol. The van der Waals surface area contributed by atoms with Gasteiger partial charge in [0.2, 0.25) is 11.9 Å². The van der Waals surface area contributed by atoms with Crippen molar-refractivity contribution >= 4 is 11.9 Å². The van der Waals surface area contributed by atoms with Crippen molar-refractivity contribution in [1.82, 2.24) is 14.8 Å². The molecule has 1 aliphatic heterocycles. The minimum absolute atomic E-state index is 0.405. The molecule has 0 aliphatic carbocycles. The smallest absolute Gasteiger partial charge is 0.247 e. The number of para-hydroxylation sites is 1. The second-order valence-corrected chi connectivity index (χ2v) is 4.12. The summed E-state index contributed by atoms with van der Waals surface area (Å²) >= 11 is 0. The fourth-order valence-corrected chi connectivity index (χ4v) is 1.97. The van der Waals surface area contributed by atoms with E-state index in [1.807, 2.05) is 30.3 Å². The van der Waals surface area contributed by atoms with E-state index in [-0.39, 0.29) is 0 Å². The Morgan fingerprint density at radius 3 is 2.56 bits per heavy atom. The molecule has 1 aromatic heterocycles. The molecule has 3 rings (SSSR count). The summed E-state index contributed by atoms with van der Waals surface area (Å²) in [7, 11) is 0. The third-order valence-electron chi connectivity index (χ3n) is 2.92. The van der Waals surface area contributed by atoms with Crippen molar-refractivity contribution in [2.75, 3.05) is 36.9 Å². The third kappa shape index (κ3) is 2.02. The average Bonchev–Trinajstić information content (AvgIpc) is 2.83. The number of nitrogens with zero attached hydrogens (tertiary/aromatic N) is 4. The van der Waals surface area contributed by atoms with Crippen LogP contribution in [0.4, 0.5) is 11.9 Å². The number of ether oxygens (including phenoxy) is 1. The summed E-state index contributed by atoms with van der Waals surface area (Å²) in [5.41, 5.74) is 6.83. The third-order valence-corrected chi connectivity index (χ3v) is 2.92. The van der Waals surface area contributed by atoms with Gasteiger partial charge in [0.15, 0.2) is 0 Å². The number of rotatable bonds is 2. The highest BCUT2D eigenvalue weighted by molar-refractivity contribution is 5.43. The number of hydrogen-bond donors (Lipinski definition) is 1. The first-order chi connectivity index (χ1) is 8.84. The van der Waals surface area contributed by atoms with Gasteiger partial charge in [-0.3, -0.25) is 0 Å². The molecule has 0 bridgehead atoms. The number of aromatic nitrogens is 3. The van der Waals surface area contributed by atoms with Gasteiger partial charge in [-0.25, -0.2) is 0 Å². The molecule has 6 heteroatoms. The molecule has 0 radical (unpaired) electrons. The highest BCUT2D eigenvalue weighted by atomic mass is 16.5. The Bertz CT molecular complexity index is 519. The van der Waals surface area contributed by atoms with Gasteiger partial charge in [0.25, 0.3) is 0 Å². The zero-order valence-electron chi connectivity index (χ0n) is 9.99. The zero-order chi connectivity index (χ0) is 12.4. The van der Waals surface area contributed by atoms with Crippen LogP contribution in [0.2, 0.25) is 0 Å². The molecule has 18 heavy (non-hydrogen) atoms. The molecule has 6 nitrogen and oxygen atoms in total. The lowest BCUT2D eigenvalue weighted by molar-refractivity contribution is 0.122. The van der Waals surface area contributed by atoms with Gasteiger partial charge < -0.3 is 15.4 Å². The van der Waals surface area contributed by atoms with E-state index in [0.717, 1.165) is 18.8 Å². The predicted molar refractivity (Wildman–Crippen MR) is 68.8 cm³/mol. The van der Waals surface area contributed by atoms with Gasteiger partial charge in [0, 0.05) is 13.1 Å². The van der Waals surface area contributed by atoms with Crippen LogP contribution in [0.5, 0.6) is 0 Å². The van der Waals surface area contributed by atoms with E-state index in [9.17, 15) is 0 Å². The largest absolute Gasteiger partial charge is 0.378 e. The minimum Gasteiger partial charge on any atom is -0.378 e. The van der Waals surface area contributed by atoms with Crippen molar-refractivity contribution in [2.24, 2.45) is 0 Å². The van der Waals surface area contributed by atoms with Crippen LogP contribution in [0.1, 0.15) is 0 Å². The molecule has 1 aromatic carbocycles. The summed E-state index contributed by atoms with van der Waals surface area (Å²) in [4.78, 5) is 6.39.